The SMILES string of the molecule is CC1CN(CCN2CCN(C(=O)c3cc(C(F)(F)F)cc(C(F)(F)F)c3)[C@H](Cc3c[nH]c4ccccc34)C2)CC(C)O1. The number of hydrogen-bond donors (Lipinski definition) is 1. The quantitative estimate of drug-likeness (QED) is 0.372. The minimum Gasteiger partial charge on any atom is -0.373 e. The van der Waals surface area contributed by atoms with Crippen LogP contribution in [0.1, 0.15) is 40.9 Å². The maximum atomic E-state index is 13.7. The molecule has 12 heteroatoms. The van der Waals surface area contributed by atoms with Gasteiger partial charge in [-0.25, -0.2) is 0 Å². The first-order valence-electron chi connectivity index (χ1n) is 14.0. The minimum absolute atomic E-state index is 0.0471. The number of fused-ring (bicyclic) bond motifs is 1. The molecule has 228 valence electrons. The van der Waals surface area contributed by atoms with Gasteiger partial charge in [0.25, 0.3) is 5.91 Å². The Morgan fingerprint density at radius 1 is 0.881 bits per heavy atom. The van der Waals surface area contributed by atoms with Crippen LogP contribution in [-0.4, -0.2) is 89.7 Å². The third-order valence-corrected chi connectivity index (χ3v) is 8.02. The molecule has 0 radical (unpaired) electrons. The largest absolute Gasteiger partial charge is 0.416 e. The average molecular weight is 597 g/mol. The van der Waals surface area contributed by atoms with Crippen LogP contribution in [0.3, 0.4) is 0 Å². The Hall–Kier alpha value is -3.09. The molecule has 3 aromatic rings. The van der Waals surface area contributed by atoms with Crippen LogP contribution in [0, 0.1) is 0 Å². The molecule has 2 aliphatic rings. The number of carbonyl (C=O) groups is 1. The van der Waals surface area contributed by atoms with Crippen molar-refractivity contribution in [1.82, 2.24) is 19.7 Å². The van der Waals surface area contributed by atoms with E-state index in [0.717, 1.165) is 36.1 Å². The Labute approximate surface area is 240 Å². The predicted molar refractivity (Wildman–Crippen MR) is 146 cm³/mol. The number of carbonyl (C=O) groups excluding carboxylic acids is 1. The highest BCUT2D eigenvalue weighted by Crippen LogP contribution is 2.37. The number of nitrogens with one attached hydrogen (secondary N) is 1. The van der Waals surface area contributed by atoms with Gasteiger partial charge in [0.1, 0.15) is 0 Å². The van der Waals surface area contributed by atoms with Crippen LogP contribution in [0.2, 0.25) is 0 Å². The normalized spacial score (nSPS) is 23.0. The van der Waals surface area contributed by atoms with Gasteiger partial charge >= 0.3 is 12.4 Å². The topological polar surface area (TPSA) is 51.8 Å². The summed E-state index contributed by atoms with van der Waals surface area (Å²) >= 11 is 0. The maximum absolute atomic E-state index is 13.7. The minimum atomic E-state index is -5.03. The van der Waals surface area contributed by atoms with Crippen LogP contribution < -0.4 is 0 Å². The third-order valence-electron chi connectivity index (χ3n) is 8.02. The van der Waals surface area contributed by atoms with Crippen LogP contribution in [0.4, 0.5) is 26.3 Å². The van der Waals surface area contributed by atoms with Crippen molar-refractivity contribution in [1.29, 1.82) is 0 Å². The molecule has 2 unspecified atom stereocenters. The molecule has 2 fully saturated rings. The van der Waals surface area contributed by atoms with E-state index >= 15 is 0 Å². The predicted octanol–water partition coefficient (Wildman–Crippen LogP) is 5.68. The molecule has 2 aromatic carbocycles. The van der Waals surface area contributed by atoms with Crippen LogP contribution in [0.25, 0.3) is 10.9 Å². The van der Waals surface area contributed by atoms with E-state index in [-0.39, 0.29) is 24.8 Å². The van der Waals surface area contributed by atoms with Crippen molar-refractivity contribution in [2.45, 2.75) is 50.9 Å². The van der Waals surface area contributed by atoms with Crippen LogP contribution in [0.15, 0.2) is 48.7 Å². The standard InChI is InChI=1S/C30H34F6N4O2/c1-19-16-39(17-20(2)42-19)8-7-38-9-10-40(25(18-38)13-22-15-37-27-6-4-3-5-26(22)27)28(41)21-11-23(29(31,32)33)14-24(12-21)30(34,35)36/h3-6,11-12,14-15,19-20,25,37H,7-10,13,16-18H2,1-2H3/t19?,20?,25-/m1/s1. The lowest BCUT2D eigenvalue weighted by molar-refractivity contribution is -0.143. The van der Waals surface area contributed by atoms with E-state index in [4.69, 9.17) is 4.74 Å². The van der Waals surface area contributed by atoms with Crippen molar-refractivity contribution in [2.75, 3.05) is 45.8 Å². The fraction of sp³-hybridized carbons (Fsp3) is 0.500. The lowest BCUT2D eigenvalue weighted by Gasteiger charge is -2.43. The van der Waals surface area contributed by atoms with Gasteiger partial charge < -0.3 is 14.6 Å². The third kappa shape index (κ3) is 6.92. The van der Waals surface area contributed by atoms with Gasteiger partial charge in [0.05, 0.1) is 23.3 Å². The summed E-state index contributed by atoms with van der Waals surface area (Å²) in [5.74, 6) is -0.841. The molecule has 0 bridgehead atoms. The number of aromatic nitrogens is 1. The summed E-state index contributed by atoms with van der Waals surface area (Å²) in [4.78, 5) is 22.9. The van der Waals surface area contributed by atoms with E-state index in [9.17, 15) is 31.1 Å². The molecule has 0 aliphatic carbocycles. The van der Waals surface area contributed by atoms with Crippen molar-refractivity contribution >= 4 is 16.8 Å². The summed E-state index contributed by atoms with van der Waals surface area (Å²) in [5, 5.41) is 0.955. The number of para-hydroxylation sites is 1. The first kappa shape index (κ1) is 30.4. The zero-order valence-electron chi connectivity index (χ0n) is 23.4. The number of morpholine rings is 1. The molecule has 1 aromatic heterocycles. The van der Waals surface area contributed by atoms with Gasteiger partial charge in [0.2, 0.25) is 0 Å². The summed E-state index contributed by atoms with van der Waals surface area (Å²) in [6, 6.07) is 8.27. The number of aromatic amines is 1. The molecule has 1 amide bonds. The molecule has 0 saturated carbocycles. The number of halogens is 6. The van der Waals surface area contributed by atoms with Crippen molar-refractivity contribution in [3.05, 3.63) is 70.9 Å². The number of nitrogens with zero attached hydrogens (tertiary/aromatic N) is 3. The Morgan fingerprint density at radius 2 is 1.50 bits per heavy atom. The summed E-state index contributed by atoms with van der Waals surface area (Å²) in [6.45, 7) is 8.24. The van der Waals surface area contributed by atoms with Gasteiger partial charge in [0.15, 0.2) is 0 Å². The number of benzene rings is 2. The Bertz CT molecular complexity index is 1360. The number of hydrogen-bond acceptors (Lipinski definition) is 4. The Morgan fingerprint density at radius 3 is 2.14 bits per heavy atom. The lowest BCUT2D eigenvalue weighted by atomic mass is 9.98. The average Bonchev–Trinajstić information content (AvgIpc) is 3.32. The van der Waals surface area contributed by atoms with Crippen molar-refractivity contribution in [3.8, 4) is 0 Å². The molecule has 1 N–H and O–H groups in total. The second-order valence-electron chi connectivity index (χ2n) is 11.3. The van der Waals surface area contributed by atoms with Gasteiger partial charge in [-0.3, -0.25) is 14.6 Å². The monoisotopic (exact) mass is 596 g/mol. The van der Waals surface area contributed by atoms with Crippen molar-refractivity contribution in [2.24, 2.45) is 0 Å². The molecule has 5 rings (SSSR count). The zero-order valence-corrected chi connectivity index (χ0v) is 23.4. The maximum Gasteiger partial charge on any atom is 0.416 e. The van der Waals surface area contributed by atoms with Gasteiger partial charge in [0, 0.05) is 74.5 Å². The highest BCUT2D eigenvalue weighted by molar-refractivity contribution is 5.95. The van der Waals surface area contributed by atoms with Crippen molar-refractivity contribution in [3.63, 3.8) is 0 Å². The van der Waals surface area contributed by atoms with E-state index in [2.05, 4.69) is 14.8 Å². The van der Waals surface area contributed by atoms with Crippen LogP contribution >= 0.6 is 0 Å². The van der Waals surface area contributed by atoms with E-state index in [1.165, 1.54) is 4.90 Å². The molecular weight excluding hydrogens is 562 g/mol. The molecule has 3 atom stereocenters. The highest BCUT2D eigenvalue weighted by Gasteiger charge is 2.39. The summed E-state index contributed by atoms with van der Waals surface area (Å²) in [5.41, 5.74) is -1.79. The summed E-state index contributed by atoms with van der Waals surface area (Å²) in [6.07, 6.45) is -7.60. The van der Waals surface area contributed by atoms with E-state index in [0.29, 0.717) is 38.2 Å². The molecule has 42 heavy (non-hydrogen) atoms. The number of H-pyrrole nitrogens is 1. The summed E-state index contributed by atoms with van der Waals surface area (Å²) in [7, 11) is 0. The number of alkyl halides is 6. The first-order chi connectivity index (χ1) is 19.8. The fourth-order valence-electron chi connectivity index (χ4n) is 6.11. The number of amides is 1. The van der Waals surface area contributed by atoms with Gasteiger partial charge in [-0.05, 0) is 50.1 Å². The van der Waals surface area contributed by atoms with Gasteiger partial charge in [-0.1, -0.05) is 18.2 Å². The van der Waals surface area contributed by atoms with Crippen LogP contribution in [0.5, 0.6) is 0 Å². The smallest absolute Gasteiger partial charge is 0.373 e. The number of rotatable bonds is 6. The molecule has 0 spiro atoms. The Kier molecular flexibility index (Phi) is 8.60. The zero-order chi connectivity index (χ0) is 30.2. The molecule has 6 nitrogen and oxygen atoms in total. The Balaban J connectivity index is 1.41. The lowest BCUT2D eigenvalue weighted by Crippen LogP contribution is -2.57. The highest BCUT2D eigenvalue weighted by atomic mass is 19.4. The van der Waals surface area contributed by atoms with Crippen LogP contribution in [-0.2, 0) is 23.5 Å². The fourth-order valence-corrected chi connectivity index (χ4v) is 6.11. The molecule has 2 aliphatic heterocycles. The number of piperazine rings is 1. The van der Waals surface area contributed by atoms with E-state index < -0.39 is 41.0 Å². The van der Waals surface area contributed by atoms with E-state index in [1.54, 1.807) is 0 Å². The summed E-state index contributed by atoms with van der Waals surface area (Å²) < 4.78 is 87.1. The van der Waals surface area contributed by atoms with Gasteiger partial charge in [-0.2, -0.15) is 26.3 Å². The van der Waals surface area contributed by atoms with Crippen molar-refractivity contribution < 1.29 is 35.9 Å². The molecule has 3 heterocycles. The second kappa shape index (κ2) is 11.9. The first-order valence-corrected chi connectivity index (χ1v) is 14.0. The second-order valence-corrected chi connectivity index (χ2v) is 11.3. The number of ether oxygens (including phenoxy) is 1. The van der Waals surface area contributed by atoms with Gasteiger partial charge in [-0.15, -0.1) is 0 Å². The molecule has 2 saturated heterocycles. The van der Waals surface area contributed by atoms with E-state index in [1.807, 2.05) is 44.3 Å². The molecular formula is C30H34F6N4O2.